The summed E-state index contributed by atoms with van der Waals surface area (Å²) in [5, 5.41) is 2.94. The van der Waals surface area contributed by atoms with Gasteiger partial charge in [-0.3, -0.25) is 0 Å². The van der Waals surface area contributed by atoms with Crippen molar-refractivity contribution in [3.8, 4) is 11.1 Å². The van der Waals surface area contributed by atoms with Crippen molar-refractivity contribution in [2.24, 2.45) is 0 Å². The number of thiol groups is 1. The second-order valence-corrected chi connectivity index (χ2v) is 14.6. The summed E-state index contributed by atoms with van der Waals surface area (Å²) in [5.74, 6) is 0. The van der Waals surface area contributed by atoms with Gasteiger partial charge in [0.2, 0.25) is 0 Å². The van der Waals surface area contributed by atoms with Gasteiger partial charge >= 0.3 is 0 Å². The van der Waals surface area contributed by atoms with Gasteiger partial charge in [-0.05, 0) is 41.5 Å². The van der Waals surface area contributed by atoms with Gasteiger partial charge in [0.15, 0.2) is 7.28 Å². The first kappa shape index (κ1) is 23.0. The number of nitrogens with zero attached hydrogens (tertiary/aromatic N) is 1. The van der Waals surface area contributed by atoms with Crippen LogP contribution in [0.15, 0.2) is 126 Å². The highest BCUT2D eigenvalue weighted by molar-refractivity contribution is 7.80. The molecule has 1 aliphatic rings. The smallest absolute Gasteiger partial charge is 0.192 e. The standard InChI is InChI=1S/C32H27BNSSi/c1-36(2)31-18-10-7-15-28(31)34(29-16-8-11-19-32(29)36)24-20-21-27(33-23-12-4-3-5-13-23)26(22-24)25-14-6-9-17-30(25)35/h3-22,35H,1-2H3/q-1. The van der Waals surface area contributed by atoms with Gasteiger partial charge in [-0.1, -0.05) is 110 Å². The van der Waals surface area contributed by atoms with Crippen LogP contribution in [-0.4, -0.2) is 15.4 Å². The van der Waals surface area contributed by atoms with E-state index in [9.17, 15) is 0 Å². The van der Waals surface area contributed by atoms with E-state index >= 15 is 0 Å². The number of hydrogen-bond donors (Lipinski definition) is 1. The molecule has 4 heteroatoms. The molecule has 0 amide bonds. The molecule has 1 aliphatic heterocycles. The van der Waals surface area contributed by atoms with Crippen molar-refractivity contribution in [2.45, 2.75) is 18.0 Å². The molecule has 0 unspecified atom stereocenters. The lowest BCUT2D eigenvalue weighted by atomic mass is 9.62. The second kappa shape index (κ2) is 9.20. The van der Waals surface area contributed by atoms with Crippen molar-refractivity contribution in [3.05, 3.63) is 121 Å². The van der Waals surface area contributed by atoms with E-state index in [-0.39, 0.29) is 0 Å². The average Bonchev–Trinajstić information content (AvgIpc) is 2.91. The summed E-state index contributed by atoms with van der Waals surface area (Å²) >= 11 is 4.83. The molecular formula is C32H27BNSSi-. The molecule has 1 heterocycles. The Morgan fingerprint density at radius 2 is 1.19 bits per heavy atom. The molecule has 0 bridgehead atoms. The third kappa shape index (κ3) is 3.91. The lowest BCUT2D eigenvalue weighted by molar-refractivity contribution is 1.29. The zero-order chi connectivity index (χ0) is 24.7. The van der Waals surface area contributed by atoms with Crippen LogP contribution in [0.2, 0.25) is 13.1 Å². The maximum absolute atomic E-state index is 4.83. The number of hydrogen-bond acceptors (Lipinski definition) is 2. The molecule has 0 aromatic heterocycles. The summed E-state index contributed by atoms with van der Waals surface area (Å²) in [6.07, 6.45) is 0. The van der Waals surface area contributed by atoms with E-state index in [1.54, 1.807) is 0 Å². The summed E-state index contributed by atoms with van der Waals surface area (Å²) in [6.45, 7) is 4.92. The monoisotopic (exact) mass is 496 g/mol. The summed E-state index contributed by atoms with van der Waals surface area (Å²) in [7, 11) is 0.442. The first-order valence-corrected chi connectivity index (χ1v) is 15.8. The van der Waals surface area contributed by atoms with E-state index in [0.717, 1.165) is 16.1 Å². The van der Waals surface area contributed by atoms with Crippen LogP contribution in [0.5, 0.6) is 0 Å². The topological polar surface area (TPSA) is 3.24 Å². The third-order valence-electron chi connectivity index (χ3n) is 7.25. The molecule has 0 saturated heterocycles. The minimum atomic E-state index is -1.81. The highest BCUT2D eigenvalue weighted by Gasteiger charge is 2.29. The molecule has 0 fully saturated rings. The van der Waals surface area contributed by atoms with Crippen LogP contribution in [0.1, 0.15) is 0 Å². The molecule has 0 N–H and O–H groups in total. The molecule has 0 aliphatic carbocycles. The van der Waals surface area contributed by atoms with Crippen LogP contribution in [-0.2, 0) is 0 Å². The van der Waals surface area contributed by atoms with Crippen LogP contribution >= 0.6 is 12.6 Å². The van der Waals surface area contributed by atoms with Crippen molar-refractivity contribution in [1.29, 1.82) is 0 Å². The Labute approximate surface area is 221 Å². The van der Waals surface area contributed by atoms with E-state index in [4.69, 9.17) is 12.6 Å². The molecular weight excluding hydrogens is 469 g/mol. The maximum Gasteiger partial charge on any atom is 0.192 e. The largest absolute Gasteiger partial charge is 0.316 e. The van der Waals surface area contributed by atoms with Crippen LogP contribution in [0.25, 0.3) is 11.1 Å². The van der Waals surface area contributed by atoms with Crippen LogP contribution < -0.4 is 26.2 Å². The molecule has 174 valence electrons. The molecule has 6 rings (SSSR count). The van der Waals surface area contributed by atoms with Gasteiger partial charge in [-0.25, -0.2) is 0 Å². The minimum Gasteiger partial charge on any atom is -0.316 e. The first-order chi connectivity index (χ1) is 17.5. The van der Waals surface area contributed by atoms with E-state index in [2.05, 4.69) is 141 Å². The van der Waals surface area contributed by atoms with E-state index < -0.39 is 8.07 Å². The van der Waals surface area contributed by atoms with Crippen LogP contribution in [0.3, 0.4) is 0 Å². The van der Waals surface area contributed by atoms with Crippen LogP contribution in [0, 0.1) is 0 Å². The Morgan fingerprint density at radius 1 is 0.611 bits per heavy atom. The molecule has 1 radical (unpaired) electrons. The maximum atomic E-state index is 4.83. The predicted octanol–water partition coefficient (Wildman–Crippen LogP) is 5.90. The molecule has 0 atom stereocenters. The second-order valence-electron chi connectivity index (χ2n) is 9.84. The van der Waals surface area contributed by atoms with E-state index in [1.807, 2.05) is 6.07 Å². The Hall–Kier alpha value is -3.47. The van der Waals surface area contributed by atoms with Gasteiger partial charge in [-0.2, -0.15) is 23.5 Å². The summed E-state index contributed by atoms with van der Waals surface area (Å²) < 4.78 is 0. The highest BCUT2D eigenvalue weighted by atomic mass is 32.1. The summed E-state index contributed by atoms with van der Waals surface area (Å²) in [4.78, 5) is 3.42. The number of fused-ring (bicyclic) bond motifs is 2. The zero-order valence-electron chi connectivity index (χ0n) is 20.5. The van der Waals surface area contributed by atoms with Crippen molar-refractivity contribution >= 4 is 66.3 Å². The molecule has 1 nitrogen and oxygen atoms in total. The Bertz CT molecular complexity index is 1510. The van der Waals surface area contributed by atoms with Gasteiger partial charge < -0.3 is 4.90 Å². The SMILES string of the molecule is C[Si-]1(C)c2ccccc2N(c2ccc([B]c3ccccc3)c(-c3ccccc3S)c2)c2ccccc21. The van der Waals surface area contributed by atoms with Gasteiger partial charge in [0.25, 0.3) is 0 Å². The molecule has 0 saturated carbocycles. The number of benzene rings is 5. The van der Waals surface area contributed by atoms with Crippen molar-refractivity contribution in [1.82, 2.24) is 0 Å². The van der Waals surface area contributed by atoms with Gasteiger partial charge in [0, 0.05) is 22.0 Å². The number of rotatable bonds is 4. The third-order valence-corrected chi connectivity index (χ3v) is 11.2. The fourth-order valence-electron chi connectivity index (χ4n) is 5.42. The minimum absolute atomic E-state index is 0.977. The van der Waals surface area contributed by atoms with Crippen LogP contribution in [0.4, 0.5) is 17.1 Å². The molecule has 36 heavy (non-hydrogen) atoms. The van der Waals surface area contributed by atoms with E-state index in [1.165, 1.54) is 38.2 Å². The predicted molar refractivity (Wildman–Crippen MR) is 162 cm³/mol. The fourth-order valence-corrected chi connectivity index (χ4v) is 8.69. The van der Waals surface area contributed by atoms with Gasteiger partial charge in [-0.15, -0.1) is 12.6 Å². The lowest BCUT2D eigenvalue weighted by Gasteiger charge is -2.49. The first-order valence-electron chi connectivity index (χ1n) is 12.4. The summed E-state index contributed by atoms with van der Waals surface area (Å²) in [5.41, 5.74) is 8.42. The zero-order valence-corrected chi connectivity index (χ0v) is 22.4. The van der Waals surface area contributed by atoms with Crippen molar-refractivity contribution in [3.63, 3.8) is 0 Å². The lowest BCUT2D eigenvalue weighted by Crippen LogP contribution is -2.58. The average molecular weight is 497 g/mol. The number of anilines is 3. The Morgan fingerprint density at radius 3 is 1.86 bits per heavy atom. The Balaban J connectivity index is 1.57. The fraction of sp³-hybridized carbons (Fsp3) is 0.0625. The highest BCUT2D eigenvalue weighted by Crippen LogP contribution is 2.39. The van der Waals surface area contributed by atoms with Gasteiger partial charge in [0.1, 0.15) is 0 Å². The molecule has 5 aromatic rings. The van der Waals surface area contributed by atoms with Crippen molar-refractivity contribution in [2.75, 3.05) is 4.90 Å². The Kier molecular flexibility index (Phi) is 5.87. The normalized spacial score (nSPS) is 13.6. The number of para-hydroxylation sites is 2. The molecule has 0 spiro atoms. The van der Waals surface area contributed by atoms with Crippen molar-refractivity contribution < 1.29 is 0 Å². The van der Waals surface area contributed by atoms with E-state index in [0.29, 0.717) is 0 Å². The molecule has 5 aromatic carbocycles. The quantitative estimate of drug-likeness (QED) is 0.239. The van der Waals surface area contributed by atoms with Gasteiger partial charge in [0.05, 0.1) is 0 Å². The summed E-state index contributed by atoms with van der Waals surface area (Å²) in [6, 6.07) is 43.6.